The third kappa shape index (κ3) is 3.88. The number of nitrogens with one attached hydrogen (secondary N) is 1. The summed E-state index contributed by atoms with van der Waals surface area (Å²) < 4.78 is 0.712. The van der Waals surface area contributed by atoms with Crippen molar-refractivity contribution >= 4 is 44.9 Å². The summed E-state index contributed by atoms with van der Waals surface area (Å²) in [5.41, 5.74) is 2.05. The molecule has 0 aliphatic heterocycles. The average molecular weight is 386 g/mol. The maximum atomic E-state index is 12.2. The van der Waals surface area contributed by atoms with Crippen molar-refractivity contribution in [2.45, 2.75) is 0 Å². The van der Waals surface area contributed by atoms with Gasteiger partial charge in [0, 0.05) is 33.8 Å². The zero-order chi connectivity index (χ0) is 19.6. The van der Waals surface area contributed by atoms with Gasteiger partial charge in [-0.15, -0.1) is 11.3 Å². The van der Waals surface area contributed by atoms with E-state index in [0.29, 0.717) is 20.5 Å². The lowest BCUT2D eigenvalue weighted by atomic mass is 10.2. The van der Waals surface area contributed by atoms with Crippen LogP contribution in [-0.4, -0.2) is 27.1 Å². The highest BCUT2D eigenvalue weighted by molar-refractivity contribution is 7.20. The fraction of sp³-hybridized carbons (Fsp3) is 0. The van der Waals surface area contributed by atoms with E-state index < -0.39 is 27.2 Å². The van der Waals surface area contributed by atoms with E-state index in [1.165, 1.54) is 30.5 Å². The lowest BCUT2D eigenvalue weighted by Gasteiger charge is -1.98. The van der Waals surface area contributed by atoms with Gasteiger partial charge in [0.1, 0.15) is 0 Å². The summed E-state index contributed by atoms with van der Waals surface area (Å²) >= 11 is 1.15. The summed E-state index contributed by atoms with van der Waals surface area (Å²) in [6.45, 7) is 0. The molecule has 1 amide bonds. The fourth-order valence-electron chi connectivity index (χ4n) is 2.24. The number of nitrogens with zero attached hydrogens (tertiary/aromatic N) is 3. The van der Waals surface area contributed by atoms with Crippen LogP contribution in [0.3, 0.4) is 0 Å². The van der Waals surface area contributed by atoms with Gasteiger partial charge < -0.3 is 5.11 Å². The number of hydrogen-bond donors (Lipinski definition) is 2. The van der Waals surface area contributed by atoms with Gasteiger partial charge in [-0.25, -0.2) is 5.43 Å². The zero-order valence-corrected chi connectivity index (χ0v) is 14.2. The van der Waals surface area contributed by atoms with Crippen molar-refractivity contribution < 1.29 is 19.7 Å². The van der Waals surface area contributed by atoms with Crippen molar-refractivity contribution in [1.29, 1.82) is 0 Å². The first-order chi connectivity index (χ1) is 12.8. The van der Waals surface area contributed by atoms with Crippen LogP contribution in [0.15, 0.2) is 47.6 Å². The van der Waals surface area contributed by atoms with Crippen LogP contribution in [0, 0.1) is 20.2 Å². The maximum Gasteiger partial charge on any atom is 0.311 e. The SMILES string of the molecule is O=C(NN=Cc1ccc(O)c([N+](=O)[O-])c1)c1cc2cc([N+](=O)[O-])ccc2s1. The van der Waals surface area contributed by atoms with Crippen molar-refractivity contribution in [2.24, 2.45) is 5.10 Å². The van der Waals surface area contributed by atoms with Gasteiger partial charge in [0.25, 0.3) is 11.6 Å². The number of fused-ring (bicyclic) bond motifs is 1. The molecular weight excluding hydrogens is 376 g/mol. The average Bonchev–Trinajstić information content (AvgIpc) is 3.06. The maximum absolute atomic E-state index is 12.2. The largest absolute Gasteiger partial charge is 0.502 e. The molecule has 10 nitrogen and oxygen atoms in total. The number of rotatable bonds is 5. The van der Waals surface area contributed by atoms with Crippen molar-refractivity contribution in [1.82, 2.24) is 5.43 Å². The fourth-order valence-corrected chi connectivity index (χ4v) is 3.18. The molecule has 0 spiro atoms. The first-order valence-electron chi connectivity index (χ1n) is 7.34. The highest BCUT2D eigenvalue weighted by Crippen LogP contribution is 2.29. The number of non-ortho nitro benzene ring substituents is 1. The Labute approximate surface area is 154 Å². The molecular formula is C16H10N4O6S. The topological polar surface area (TPSA) is 148 Å². The lowest BCUT2D eigenvalue weighted by molar-refractivity contribution is -0.385. The van der Waals surface area contributed by atoms with E-state index in [1.54, 1.807) is 6.07 Å². The second-order valence-corrected chi connectivity index (χ2v) is 6.38. The Bertz CT molecular complexity index is 1110. The summed E-state index contributed by atoms with van der Waals surface area (Å²) in [6.07, 6.45) is 1.20. The minimum Gasteiger partial charge on any atom is -0.502 e. The third-order valence-corrected chi connectivity index (χ3v) is 4.63. The van der Waals surface area contributed by atoms with Crippen molar-refractivity contribution in [2.75, 3.05) is 0 Å². The van der Waals surface area contributed by atoms with E-state index >= 15 is 0 Å². The number of aromatic hydroxyl groups is 1. The van der Waals surface area contributed by atoms with E-state index in [9.17, 15) is 30.1 Å². The third-order valence-electron chi connectivity index (χ3n) is 3.51. The lowest BCUT2D eigenvalue weighted by Crippen LogP contribution is -2.16. The Hall–Kier alpha value is -3.86. The van der Waals surface area contributed by atoms with Gasteiger partial charge >= 0.3 is 5.69 Å². The molecule has 3 rings (SSSR count). The highest BCUT2D eigenvalue weighted by Gasteiger charge is 2.14. The molecule has 11 heteroatoms. The van der Waals surface area contributed by atoms with Gasteiger partial charge in [-0.05, 0) is 24.3 Å². The molecule has 0 aliphatic carbocycles. The van der Waals surface area contributed by atoms with Crippen molar-refractivity contribution in [3.05, 3.63) is 73.1 Å². The smallest absolute Gasteiger partial charge is 0.311 e. The van der Waals surface area contributed by atoms with Crippen LogP contribution in [-0.2, 0) is 0 Å². The molecule has 3 aromatic rings. The van der Waals surface area contributed by atoms with E-state index in [2.05, 4.69) is 10.5 Å². The molecule has 0 unspecified atom stereocenters. The molecule has 0 saturated carbocycles. The van der Waals surface area contributed by atoms with Gasteiger partial charge in [0.15, 0.2) is 5.75 Å². The van der Waals surface area contributed by atoms with Crippen molar-refractivity contribution in [3.63, 3.8) is 0 Å². The number of carbonyl (C=O) groups is 1. The number of amides is 1. The van der Waals surface area contributed by atoms with E-state index in [4.69, 9.17) is 0 Å². The van der Waals surface area contributed by atoms with E-state index in [0.717, 1.165) is 23.5 Å². The summed E-state index contributed by atoms with van der Waals surface area (Å²) in [5.74, 6) is -0.996. The Morgan fingerprint density at radius 3 is 2.59 bits per heavy atom. The molecule has 0 radical (unpaired) electrons. The van der Waals surface area contributed by atoms with Crippen LogP contribution >= 0.6 is 11.3 Å². The monoisotopic (exact) mass is 386 g/mol. The van der Waals surface area contributed by atoms with Gasteiger partial charge in [0.05, 0.1) is 20.9 Å². The van der Waals surface area contributed by atoms with Crippen LogP contribution < -0.4 is 5.43 Å². The number of phenols is 1. The van der Waals surface area contributed by atoms with Gasteiger partial charge in [-0.3, -0.25) is 25.0 Å². The molecule has 0 aliphatic rings. The second kappa shape index (κ2) is 7.17. The summed E-state index contributed by atoms with van der Waals surface area (Å²) in [6, 6.07) is 9.48. The molecule has 2 N–H and O–H groups in total. The Morgan fingerprint density at radius 2 is 1.89 bits per heavy atom. The van der Waals surface area contributed by atoms with Crippen LogP contribution in [0.1, 0.15) is 15.2 Å². The number of hydrazone groups is 1. The molecule has 0 atom stereocenters. The molecule has 0 saturated heterocycles. The second-order valence-electron chi connectivity index (χ2n) is 5.29. The van der Waals surface area contributed by atoms with E-state index in [-0.39, 0.29) is 5.69 Å². The number of benzene rings is 2. The van der Waals surface area contributed by atoms with Gasteiger partial charge in [-0.2, -0.15) is 5.10 Å². The Balaban J connectivity index is 1.75. The van der Waals surface area contributed by atoms with E-state index in [1.807, 2.05) is 0 Å². The van der Waals surface area contributed by atoms with Gasteiger partial charge in [-0.1, -0.05) is 0 Å². The summed E-state index contributed by atoms with van der Waals surface area (Å²) in [4.78, 5) is 32.8. The molecule has 0 fully saturated rings. The molecule has 136 valence electrons. The van der Waals surface area contributed by atoms with Crippen LogP contribution in [0.25, 0.3) is 10.1 Å². The Kier molecular flexibility index (Phi) is 4.77. The standard InChI is InChI=1S/C16H10N4O6S/c21-13-3-1-9(5-12(13)20(25)26)8-17-18-16(22)15-7-10-6-11(19(23)24)2-4-14(10)27-15/h1-8,21H,(H,18,22). The van der Waals surface area contributed by atoms with Crippen LogP contribution in [0.4, 0.5) is 11.4 Å². The zero-order valence-electron chi connectivity index (χ0n) is 13.4. The van der Waals surface area contributed by atoms with Crippen LogP contribution in [0.5, 0.6) is 5.75 Å². The molecule has 0 bridgehead atoms. The predicted molar refractivity (Wildman–Crippen MR) is 98.3 cm³/mol. The van der Waals surface area contributed by atoms with Crippen LogP contribution in [0.2, 0.25) is 0 Å². The minimum absolute atomic E-state index is 0.0702. The minimum atomic E-state index is -0.734. The van der Waals surface area contributed by atoms with Crippen molar-refractivity contribution in [3.8, 4) is 5.75 Å². The summed E-state index contributed by atoms with van der Waals surface area (Å²) in [5, 5.41) is 35.3. The number of carbonyl (C=O) groups excluding carboxylic acids is 1. The Morgan fingerprint density at radius 1 is 1.11 bits per heavy atom. The number of nitro groups is 2. The highest BCUT2D eigenvalue weighted by atomic mass is 32.1. The number of nitro benzene ring substituents is 2. The first-order valence-corrected chi connectivity index (χ1v) is 8.15. The molecule has 27 heavy (non-hydrogen) atoms. The molecule has 2 aromatic carbocycles. The normalized spacial score (nSPS) is 11.0. The first kappa shape index (κ1) is 17.9. The number of thiophene rings is 1. The predicted octanol–water partition coefficient (Wildman–Crippen LogP) is 3.19. The molecule has 1 heterocycles. The number of hydrogen-bond acceptors (Lipinski definition) is 8. The molecule has 1 aromatic heterocycles. The quantitative estimate of drug-likeness (QED) is 0.391. The van der Waals surface area contributed by atoms with Gasteiger partial charge in [0.2, 0.25) is 0 Å². The summed E-state index contributed by atoms with van der Waals surface area (Å²) in [7, 11) is 0. The number of phenolic OH excluding ortho intramolecular Hbond substituents is 1.